The summed E-state index contributed by atoms with van der Waals surface area (Å²) < 4.78 is 0. The van der Waals surface area contributed by atoms with Crippen molar-refractivity contribution in [2.45, 2.75) is 0 Å². The van der Waals surface area contributed by atoms with E-state index in [9.17, 15) is 14.9 Å². The van der Waals surface area contributed by atoms with Gasteiger partial charge < -0.3 is 10.3 Å². The number of nitro groups is 1. The van der Waals surface area contributed by atoms with Crippen molar-refractivity contribution >= 4 is 34.4 Å². The molecule has 0 saturated carbocycles. The number of aliphatic imine (C=N–C) groups is 1. The molecule has 3 N–H and O–H groups in total. The number of aromatic nitrogens is 2. The first-order valence-electron chi connectivity index (χ1n) is 7.94. The van der Waals surface area contributed by atoms with Crippen molar-refractivity contribution in [2.24, 2.45) is 4.99 Å². The average molecular weight is 350 g/mol. The first-order valence-corrected chi connectivity index (χ1v) is 7.94. The number of imidazole rings is 1. The first-order chi connectivity index (χ1) is 12.6. The maximum absolute atomic E-state index is 12.4. The maximum Gasteiger partial charge on any atom is 0.271 e. The number of anilines is 1. The molecule has 1 aliphatic heterocycles. The summed E-state index contributed by atoms with van der Waals surface area (Å²) in [6, 6.07) is 11.3. The Labute approximate surface area is 147 Å². The number of aromatic amines is 1. The van der Waals surface area contributed by atoms with E-state index in [1.807, 2.05) is 12.1 Å². The first kappa shape index (κ1) is 15.8. The van der Waals surface area contributed by atoms with E-state index in [-0.39, 0.29) is 17.5 Å². The molecule has 0 aliphatic carbocycles. The molecule has 0 unspecified atom stereocenters. The number of amides is 1. The van der Waals surface area contributed by atoms with Crippen LogP contribution < -0.4 is 10.6 Å². The standard InChI is InChI=1S/C17H14N6O3/c24-16(11-3-1-10(2-4-11)15-18-7-8-19-15)22-17-20-13-6-5-12(23(25)26)9-14(13)21-17/h1-6,9H,7-8H2,(H,18,19)(H2,20,21,22,24). The van der Waals surface area contributed by atoms with E-state index in [0.717, 1.165) is 24.5 Å². The fourth-order valence-corrected chi connectivity index (χ4v) is 2.72. The van der Waals surface area contributed by atoms with Gasteiger partial charge in [0.05, 0.1) is 22.5 Å². The topological polar surface area (TPSA) is 125 Å². The molecule has 26 heavy (non-hydrogen) atoms. The fourth-order valence-electron chi connectivity index (χ4n) is 2.72. The molecule has 0 saturated heterocycles. The molecule has 2 aromatic carbocycles. The van der Waals surface area contributed by atoms with Gasteiger partial charge in [-0.3, -0.25) is 25.2 Å². The number of nitro benzene ring substituents is 1. The van der Waals surface area contributed by atoms with Crippen LogP contribution in [0.25, 0.3) is 11.0 Å². The summed E-state index contributed by atoms with van der Waals surface area (Å²) in [5.41, 5.74) is 2.37. The molecule has 9 heteroatoms. The van der Waals surface area contributed by atoms with Gasteiger partial charge in [0.1, 0.15) is 5.84 Å². The largest absolute Gasteiger partial charge is 0.368 e. The lowest BCUT2D eigenvalue weighted by Gasteiger charge is -2.05. The molecule has 130 valence electrons. The lowest BCUT2D eigenvalue weighted by molar-refractivity contribution is -0.384. The summed E-state index contributed by atoms with van der Waals surface area (Å²) in [7, 11) is 0. The summed E-state index contributed by atoms with van der Waals surface area (Å²) in [5, 5.41) is 16.7. The third-order valence-electron chi connectivity index (χ3n) is 4.00. The van der Waals surface area contributed by atoms with Crippen LogP contribution in [0.2, 0.25) is 0 Å². The van der Waals surface area contributed by atoms with E-state index in [4.69, 9.17) is 0 Å². The highest BCUT2D eigenvalue weighted by Gasteiger charge is 2.13. The van der Waals surface area contributed by atoms with Crippen LogP contribution in [0, 0.1) is 10.1 Å². The zero-order chi connectivity index (χ0) is 18.1. The van der Waals surface area contributed by atoms with Crippen LogP contribution in [0.15, 0.2) is 47.5 Å². The maximum atomic E-state index is 12.4. The molecule has 1 aromatic heterocycles. The number of nitrogens with zero attached hydrogens (tertiary/aromatic N) is 3. The summed E-state index contributed by atoms with van der Waals surface area (Å²) in [6.45, 7) is 1.57. The number of nitrogens with one attached hydrogen (secondary N) is 3. The molecule has 1 amide bonds. The smallest absolute Gasteiger partial charge is 0.271 e. The van der Waals surface area contributed by atoms with Gasteiger partial charge in [-0.25, -0.2) is 4.98 Å². The minimum absolute atomic E-state index is 0.0435. The molecular weight excluding hydrogens is 336 g/mol. The number of rotatable bonds is 4. The summed E-state index contributed by atoms with van der Waals surface area (Å²) in [6.07, 6.45) is 0. The number of carbonyl (C=O) groups is 1. The van der Waals surface area contributed by atoms with Crippen LogP contribution in [0.4, 0.5) is 11.6 Å². The highest BCUT2D eigenvalue weighted by molar-refractivity contribution is 6.05. The molecule has 2 heterocycles. The Kier molecular flexibility index (Phi) is 3.81. The third kappa shape index (κ3) is 2.97. The van der Waals surface area contributed by atoms with Crippen molar-refractivity contribution in [3.8, 4) is 0 Å². The molecule has 9 nitrogen and oxygen atoms in total. The number of non-ortho nitro benzene ring substituents is 1. The predicted molar refractivity (Wildman–Crippen MR) is 96.6 cm³/mol. The molecule has 0 fully saturated rings. The van der Waals surface area contributed by atoms with Crippen molar-refractivity contribution < 1.29 is 9.72 Å². The van der Waals surface area contributed by atoms with Gasteiger partial charge >= 0.3 is 0 Å². The van der Waals surface area contributed by atoms with Crippen molar-refractivity contribution in [2.75, 3.05) is 18.4 Å². The van der Waals surface area contributed by atoms with E-state index >= 15 is 0 Å². The van der Waals surface area contributed by atoms with Crippen LogP contribution in [-0.2, 0) is 0 Å². The molecule has 3 aromatic rings. The van der Waals surface area contributed by atoms with Crippen LogP contribution in [0.3, 0.4) is 0 Å². The van der Waals surface area contributed by atoms with Gasteiger partial charge in [-0.05, 0) is 18.2 Å². The van der Waals surface area contributed by atoms with Gasteiger partial charge in [0.25, 0.3) is 11.6 Å². The zero-order valence-corrected chi connectivity index (χ0v) is 13.5. The SMILES string of the molecule is O=C(Nc1nc2ccc([N+](=O)[O-])cc2[nH]1)c1ccc(C2=NCCN2)cc1. The number of hydrogen-bond acceptors (Lipinski definition) is 6. The lowest BCUT2D eigenvalue weighted by atomic mass is 10.1. The molecule has 1 aliphatic rings. The Morgan fingerprint density at radius 3 is 2.69 bits per heavy atom. The second-order valence-electron chi connectivity index (χ2n) is 5.73. The van der Waals surface area contributed by atoms with Crippen molar-refractivity contribution in [1.29, 1.82) is 0 Å². The monoisotopic (exact) mass is 350 g/mol. The highest BCUT2D eigenvalue weighted by Crippen LogP contribution is 2.20. The zero-order valence-electron chi connectivity index (χ0n) is 13.5. The Morgan fingerprint density at radius 1 is 1.19 bits per heavy atom. The number of hydrogen-bond donors (Lipinski definition) is 3. The van der Waals surface area contributed by atoms with Crippen molar-refractivity contribution in [1.82, 2.24) is 15.3 Å². The molecule has 0 bridgehead atoms. The number of fused-ring (bicyclic) bond motifs is 1. The van der Waals surface area contributed by atoms with E-state index in [1.54, 1.807) is 12.1 Å². The normalized spacial score (nSPS) is 13.3. The summed E-state index contributed by atoms with van der Waals surface area (Å²) in [5.74, 6) is 0.735. The number of benzene rings is 2. The number of H-pyrrole nitrogens is 1. The van der Waals surface area contributed by atoms with Crippen LogP contribution >= 0.6 is 0 Å². The van der Waals surface area contributed by atoms with Gasteiger partial charge in [-0.15, -0.1) is 0 Å². The Hall–Kier alpha value is -3.75. The van der Waals surface area contributed by atoms with Gasteiger partial charge in [0.2, 0.25) is 5.95 Å². The minimum Gasteiger partial charge on any atom is -0.368 e. The van der Waals surface area contributed by atoms with Gasteiger partial charge in [-0.1, -0.05) is 12.1 Å². The highest BCUT2D eigenvalue weighted by atomic mass is 16.6. The Bertz CT molecular complexity index is 1040. The minimum atomic E-state index is -0.483. The van der Waals surface area contributed by atoms with E-state index in [1.165, 1.54) is 18.2 Å². The Balaban J connectivity index is 1.52. The average Bonchev–Trinajstić information content (AvgIpc) is 3.30. The molecular formula is C17H14N6O3. The van der Waals surface area contributed by atoms with Crippen molar-refractivity contribution in [3.63, 3.8) is 0 Å². The molecule has 0 radical (unpaired) electrons. The van der Waals surface area contributed by atoms with Gasteiger partial charge in [-0.2, -0.15) is 0 Å². The van der Waals surface area contributed by atoms with Gasteiger partial charge in [0.15, 0.2) is 0 Å². The van der Waals surface area contributed by atoms with Gasteiger partial charge in [0, 0.05) is 29.8 Å². The van der Waals surface area contributed by atoms with Crippen LogP contribution in [-0.4, -0.2) is 39.7 Å². The predicted octanol–water partition coefficient (Wildman–Crippen LogP) is 2.07. The van der Waals surface area contributed by atoms with E-state index in [0.29, 0.717) is 16.6 Å². The molecule has 0 atom stereocenters. The lowest BCUT2D eigenvalue weighted by Crippen LogP contribution is -2.19. The molecule has 0 spiro atoms. The third-order valence-corrected chi connectivity index (χ3v) is 4.00. The summed E-state index contributed by atoms with van der Waals surface area (Å²) in [4.78, 5) is 34.1. The molecule has 4 rings (SSSR count). The fraction of sp³-hybridized carbons (Fsp3) is 0.118. The quantitative estimate of drug-likeness (QED) is 0.491. The van der Waals surface area contributed by atoms with Crippen molar-refractivity contribution in [3.05, 3.63) is 63.7 Å². The van der Waals surface area contributed by atoms with Crippen LogP contribution in [0.1, 0.15) is 15.9 Å². The summed E-state index contributed by atoms with van der Waals surface area (Å²) >= 11 is 0. The Morgan fingerprint density at radius 2 is 2.00 bits per heavy atom. The van der Waals surface area contributed by atoms with E-state index < -0.39 is 4.92 Å². The second kappa shape index (κ2) is 6.28. The van der Waals surface area contributed by atoms with E-state index in [2.05, 4.69) is 25.6 Å². The number of carbonyl (C=O) groups excluding carboxylic acids is 1. The second-order valence-corrected chi connectivity index (χ2v) is 5.73. The van der Waals surface area contributed by atoms with Crippen LogP contribution in [0.5, 0.6) is 0 Å². The number of amidine groups is 1.